The maximum atomic E-state index is 13.4. The highest BCUT2D eigenvalue weighted by Crippen LogP contribution is 2.31. The SMILES string of the molecule is COc1ccc(-c2nc(-c3ccncc3)nn2CCN(C(=O)[C@H]2CCC(=O)N2)C2CCCC2)cc1Cl. The minimum absolute atomic E-state index is 0.00346. The van der Waals surface area contributed by atoms with Crippen molar-refractivity contribution >= 4 is 23.4 Å². The van der Waals surface area contributed by atoms with E-state index in [2.05, 4.69) is 10.3 Å². The zero-order valence-corrected chi connectivity index (χ0v) is 20.9. The van der Waals surface area contributed by atoms with Crippen molar-refractivity contribution in [1.82, 2.24) is 30.0 Å². The number of halogens is 1. The summed E-state index contributed by atoms with van der Waals surface area (Å²) in [5.74, 6) is 1.74. The predicted octanol–water partition coefficient (Wildman–Crippen LogP) is 3.72. The molecule has 5 rings (SSSR count). The summed E-state index contributed by atoms with van der Waals surface area (Å²) >= 11 is 6.42. The number of hydrogen-bond donors (Lipinski definition) is 1. The summed E-state index contributed by atoms with van der Waals surface area (Å²) in [6.07, 6.45) is 8.53. The molecule has 0 radical (unpaired) electrons. The molecule has 2 fully saturated rings. The third kappa shape index (κ3) is 5.06. The second kappa shape index (κ2) is 10.7. The van der Waals surface area contributed by atoms with Crippen LogP contribution in [0.2, 0.25) is 5.02 Å². The Kier molecular flexibility index (Phi) is 7.18. The van der Waals surface area contributed by atoms with E-state index in [9.17, 15) is 9.59 Å². The molecule has 188 valence electrons. The van der Waals surface area contributed by atoms with Gasteiger partial charge in [-0.2, -0.15) is 5.10 Å². The molecule has 2 aliphatic rings. The number of carbonyl (C=O) groups excluding carboxylic acids is 2. The number of amides is 2. The Bertz CT molecular complexity index is 1240. The van der Waals surface area contributed by atoms with Crippen LogP contribution in [0.15, 0.2) is 42.7 Å². The lowest BCUT2D eigenvalue weighted by Gasteiger charge is -2.31. The van der Waals surface area contributed by atoms with Crippen molar-refractivity contribution in [2.24, 2.45) is 0 Å². The van der Waals surface area contributed by atoms with Crippen LogP contribution in [0.4, 0.5) is 0 Å². The Morgan fingerprint density at radius 2 is 1.94 bits per heavy atom. The summed E-state index contributed by atoms with van der Waals surface area (Å²) in [6, 6.07) is 8.97. The summed E-state index contributed by atoms with van der Waals surface area (Å²) in [4.78, 5) is 36.0. The average Bonchev–Trinajstić information content (AvgIpc) is 3.66. The Labute approximate surface area is 214 Å². The van der Waals surface area contributed by atoms with Crippen molar-refractivity contribution in [3.63, 3.8) is 0 Å². The summed E-state index contributed by atoms with van der Waals surface area (Å²) in [5, 5.41) is 8.11. The maximum Gasteiger partial charge on any atom is 0.245 e. The monoisotopic (exact) mass is 508 g/mol. The minimum atomic E-state index is -0.443. The highest BCUT2D eigenvalue weighted by Gasteiger charge is 2.35. The number of ether oxygens (including phenoxy) is 1. The van der Waals surface area contributed by atoms with Gasteiger partial charge in [-0.1, -0.05) is 24.4 Å². The standard InChI is InChI=1S/C26H29ClN6O3/c1-36-22-8-6-18(16-20(22)27)25-30-24(17-10-12-28-13-11-17)31-33(25)15-14-32(19-4-2-3-5-19)26(35)21-7-9-23(34)29-21/h6,8,10-13,16,19,21H,2-5,7,9,14-15H2,1H3,(H,29,34)/t21-/m1/s1. The van der Waals surface area contributed by atoms with E-state index < -0.39 is 6.04 Å². The minimum Gasteiger partial charge on any atom is -0.495 e. The van der Waals surface area contributed by atoms with Crippen LogP contribution >= 0.6 is 11.6 Å². The Balaban J connectivity index is 1.45. The molecular formula is C26H29ClN6O3. The van der Waals surface area contributed by atoms with Crippen molar-refractivity contribution in [3.05, 3.63) is 47.7 Å². The molecule has 0 spiro atoms. The van der Waals surface area contributed by atoms with Gasteiger partial charge in [0.1, 0.15) is 11.8 Å². The van der Waals surface area contributed by atoms with Crippen LogP contribution in [0.25, 0.3) is 22.8 Å². The number of hydrogen-bond acceptors (Lipinski definition) is 6. The molecule has 1 N–H and O–H groups in total. The third-order valence-corrected chi connectivity index (χ3v) is 7.21. The molecule has 1 saturated heterocycles. The van der Waals surface area contributed by atoms with Crippen LogP contribution < -0.4 is 10.1 Å². The van der Waals surface area contributed by atoms with Crippen molar-refractivity contribution in [2.75, 3.05) is 13.7 Å². The number of carbonyl (C=O) groups is 2. The van der Waals surface area contributed by atoms with Gasteiger partial charge in [0, 0.05) is 42.5 Å². The second-order valence-electron chi connectivity index (χ2n) is 9.20. The molecule has 1 atom stereocenters. The molecule has 36 heavy (non-hydrogen) atoms. The predicted molar refractivity (Wildman–Crippen MR) is 135 cm³/mol. The first kappa shape index (κ1) is 24.2. The molecule has 2 aromatic heterocycles. The Morgan fingerprint density at radius 3 is 2.61 bits per heavy atom. The second-order valence-corrected chi connectivity index (χ2v) is 9.60. The highest BCUT2D eigenvalue weighted by atomic mass is 35.5. The number of pyridine rings is 1. The number of nitrogens with one attached hydrogen (secondary N) is 1. The lowest BCUT2D eigenvalue weighted by atomic mass is 10.1. The molecule has 1 aliphatic heterocycles. The van der Waals surface area contributed by atoms with E-state index in [-0.39, 0.29) is 17.9 Å². The molecule has 1 aromatic carbocycles. The fraction of sp³-hybridized carbons (Fsp3) is 0.423. The molecule has 0 unspecified atom stereocenters. The van der Waals surface area contributed by atoms with E-state index in [4.69, 9.17) is 26.4 Å². The van der Waals surface area contributed by atoms with Crippen LogP contribution in [0.3, 0.4) is 0 Å². The van der Waals surface area contributed by atoms with Gasteiger partial charge >= 0.3 is 0 Å². The van der Waals surface area contributed by atoms with E-state index in [1.165, 1.54) is 0 Å². The number of methoxy groups -OCH3 is 1. The molecule has 0 bridgehead atoms. The summed E-state index contributed by atoms with van der Waals surface area (Å²) in [7, 11) is 1.58. The van der Waals surface area contributed by atoms with Crippen LogP contribution in [-0.4, -0.2) is 62.2 Å². The van der Waals surface area contributed by atoms with E-state index in [1.807, 2.05) is 33.8 Å². The normalized spacial score (nSPS) is 17.8. The summed E-state index contributed by atoms with van der Waals surface area (Å²) in [5.41, 5.74) is 1.65. The quantitative estimate of drug-likeness (QED) is 0.497. The van der Waals surface area contributed by atoms with Crippen molar-refractivity contribution in [1.29, 1.82) is 0 Å². The fourth-order valence-electron chi connectivity index (χ4n) is 5.03. The lowest BCUT2D eigenvalue weighted by Crippen LogP contribution is -2.49. The third-order valence-electron chi connectivity index (χ3n) is 6.91. The van der Waals surface area contributed by atoms with Gasteiger partial charge in [-0.15, -0.1) is 0 Å². The molecule has 1 aliphatic carbocycles. The Hall–Kier alpha value is -3.46. The molecule has 3 heterocycles. The van der Waals surface area contributed by atoms with Crippen LogP contribution in [0.1, 0.15) is 38.5 Å². The molecule has 2 amide bonds. The number of benzene rings is 1. The lowest BCUT2D eigenvalue weighted by molar-refractivity contribution is -0.136. The first-order valence-electron chi connectivity index (χ1n) is 12.3. The summed E-state index contributed by atoms with van der Waals surface area (Å²) < 4.78 is 7.13. The zero-order valence-electron chi connectivity index (χ0n) is 20.2. The molecule has 3 aromatic rings. The first-order chi connectivity index (χ1) is 17.5. The summed E-state index contributed by atoms with van der Waals surface area (Å²) in [6.45, 7) is 0.936. The van der Waals surface area contributed by atoms with Crippen molar-refractivity contribution in [3.8, 4) is 28.5 Å². The number of rotatable bonds is 8. The van der Waals surface area contributed by atoms with Crippen molar-refractivity contribution < 1.29 is 14.3 Å². The van der Waals surface area contributed by atoms with Gasteiger partial charge in [0.05, 0.1) is 18.7 Å². The van der Waals surface area contributed by atoms with Crippen LogP contribution in [0.5, 0.6) is 5.75 Å². The topological polar surface area (TPSA) is 102 Å². The van der Waals surface area contributed by atoms with Gasteiger partial charge in [-0.3, -0.25) is 14.6 Å². The van der Waals surface area contributed by atoms with Gasteiger partial charge < -0.3 is 15.0 Å². The van der Waals surface area contributed by atoms with Crippen LogP contribution in [-0.2, 0) is 16.1 Å². The fourth-order valence-corrected chi connectivity index (χ4v) is 5.29. The van der Waals surface area contributed by atoms with Gasteiger partial charge in [-0.05, 0) is 49.6 Å². The molecule has 1 saturated carbocycles. The molecular weight excluding hydrogens is 480 g/mol. The largest absolute Gasteiger partial charge is 0.495 e. The van der Waals surface area contributed by atoms with E-state index in [1.54, 1.807) is 25.6 Å². The van der Waals surface area contributed by atoms with Crippen LogP contribution in [0, 0.1) is 0 Å². The van der Waals surface area contributed by atoms with Crippen molar-refractivity contribution in [2.45, 2.75) is 57.2 Å². The van der Waals surface area contributed by atoms with Gasteiger partial charge in [0.15, 0.2) is 11.6 Å². The number of nitrogens with zero attached hydrogens (tertiary/aromatic N) is 5. The maximum absolute atomic E-state index is 13.4. The zero-order chi connectivity index (χ0) is 25.1. The molecule has 10 heteroatoms. The first-order valence-corrected chi connectivity index (χ1v) is 12.7. The average molecular weight is 509 g/mol. The number of aromatic nitrogens is 4. The van der Waals surface area contributed by atoms with E-state index in [0.717, 1.165) is 36.8 Å². The van der Waals surface area contributed by atoms with E-state index in [0.29, 0.717) is 48.4 Å². The molecule has 9 nitrogen and oxygen atoms in total. The van der Waals surface area contributed by atoms with Gasteiger partial charge in [0.2, 0.25) is 11.8 Å². The van der Waals surface area contributed by atoms with Gasteiger partial charge in [-0.25, -0.2) is 9.67 Å². The van der Waals surface area contributed by atoms with E-state index >= 15 is 0 Å². The van der Waals surface area contributed by atoms with Gasteiger partial charge in [0.25, 0.3) is 0 Å². The highest BCUT2D eigenvalue weighted by molar-refractivity contribution is 6.32. The smallest absolute Gasteiger partial charge is 0.245 e. The Morgan fingerprint density at radius 1 is 1.17 bits per heavy atom.